The molecule has 448 valence electrons. The van der Waals surface area contributed by atoms with E-state index >= 15 is 0 Å². The SMILES string of the molecule is CCCCCCCCCCCCCCCC[n+]1ccccc1.O=C(O)CC(O)(CC(=O)O)C(=O)O.O=P(O)(O)O.O=P(O)(O)O[C@H]1[C@H](OP(=O)(O)O)[C@@H](OP(=O)(O)O)[C@H](OP(=O)(O)O)[C@@H](OP(=O)(O)O)[C@H]1OP(=O)(O)O. The van der Waals surface area contributed by atoms with E-state index in [1.165, 1.54) is 96.4 Å². The molecule has 0 radical (unpaired) electrons. The molecule has 36 nitrogen and oxygen atoms in total. The lowest BCUT2D eigenvalue weighted by Crippen LogP contribution is -2.66. The Morgan fingerprint density at radius 3 is 0.803 bits per heavy atom. The normalized spacial score (nSPS) is 19.7. The van der Waals surface area contributed by atoms with Gasteiger partial charge in [0.1, 0.15) is 43.2 Å². The van der Waals surface area contributed by atoms with E-state index in [1.807, 2.05) is 0 Å². The number of aryl methyl sites for hydroxylation is 1. The molecule has 0 aliphatic heterocycles. The summed E-state index contributed by atoms with van der Waals surface area (Å²) in [6.07, 6.45) is 3.28. The first kappa shape index (κ1) is 76.4. The van der Waals surface area contributed by atoms with Gasteiger partial charge in [0, 0.05) is 18.6 Å². The fourth-order valence-electron chi connectivity index (χ4n) is 6.58. The summed E-state index contributed by atoms with van der Waals surface area (Å²) >= 11 is 0. The van der Waals surface area contributed by atoms with Gasteiger partial charge in [0.25, 0.3) is 0 Å². The number of carboxylic acid groups (broad SMARTS) is 3. The number of pyridine rings is 1. The largest absolute Gasteiger partial charge is 0.481 e. The number of phosphoric acid groups is 7. The molecule has 1 aromatic heterocycles. The Labute approximate surface area is 432 Å². The molecule has 76 heavy (non-hydrogen) atoms. The maximum atomic E-state index is 11.4. The van der Waals surface area contributed by atoms with E-state index in [9.17, 15) is 41.8 Å². The molecule has 1 fully saturated rings. The van der Waals surface area contributed by atoms with E-state index in [1.54, 1.807) is 0 Å². The van der Waals surface area contributed by atoms with Crippen molar-refractivity contribution < 1.29 is 172 Å². The second-order valence-corrected chi connectivity index (χ2v) is 24.2. The van der Waals surface area contributed by atoms with Crippen molar-refractivity contribution >= 4 is 72.7 Å². The van der Waals surface area contributed by atoms with E-state index in [0.29, 0.717) is 0 Å². The van der Waals surface area contributed by atoms with Crippen LogP contribution in [0.5, 0.6) is 0 Å². The number of hydrogen-bond donors (Lipinski definition) is 19. The molecule has 1 aromatic rings. The van der Waals surface area contributed by atoms with Gasteiger partial charge in [0.05, 0.1) is 12.8 Å². The molecule has 19 N–H and O–H groups in total. The molecule has 43 heteroatoms. The Bertz CT molecular complexity index is 1960. The summed E-state index contributed by atoms with van der Waals surface area (Å²) in [5.74, 6) is -5.02. The molecule has 1 heterocycles. The summed E-state index contributed by atoms with van der Waals surface area (Å²) in [5, 5.41) is 33.8. The van der Waals surface area contributed by atoms with Gasteiger partial charge in [-0.15, -0.1) is 0 Å². The highest BCUT2D eigenvalue weighted by atomic mass is 31.2. The highest BCUT2D eigenvalue weighted by molar-refractivity contribution is 7.48. The van der Waals surface area contributed by atoms with Gasteiger partial charge in [-0.05, 0) is 6.42 Å². The van der Waals surface area contributed by atoms with Crippen LogP contribution in [0.4, 0.5) is 0 Å². The van der Waals surface area contributed by atoms with Gasteiger partial charge in [0.15, 0.2) is 18.0 Å². The lowest BCUT2D eigenvalue weighted by molar-refractivity contribution is -0.697. The number of aliphatic carboxylic acids is 3. The number of phosphoric ester groups is 6. The monoisotopic (exact) mass is 1250 g/mol. The first-order valence-electron chi connectivity index (χ1n) is 21.8. The molecule has 1 aliphatic carbocycles. The van der Waals surface area contributed by atoms with Crippen LogP contribution in [0.3, 0.4) is 0 Å². The second-order valence-electron chi connectivity index (χ2n) is 16.1. The van der Waals surface area contributed by atoms with Crippen molar-refractivity contribution in [3.63, 3.8) is 0 Å². The minimum atomic E-state index is -6.02. The molecule has 0 aromatic carbocycles. The fraction of sp³-hybridized carbons (Fsp3) is 0.758. The minimum Gasteiger partial charge on any atom is -0.481 e. The van der Waals surface area contributed by atoms with Crippen LogP contribution in [0.1, 0.15) is 110 Å². The zero-order chi connectivity index (χ0) is 59.6. The average Bonchev–Trinajstić information content (AvgIpc) is 3.19. The molecular weight excluding hydrogens is 1190 g/mol. The zero-order valence-corrected chi connectivity index (χ0v) is 46.2. The van der Waals surface area contributed by atoms with Crippen LogP contribution in [0.25, 0.3) is 0 Å². The minimum absolute atomic E-state index is 1.14. The van der Waals surface area contributed by atoms with Crippen molar-refractivity contribution in [2.75, 3.05) is 0 Å². The van der Waals surface area contributed by atoms with Gasteiger partial charge in [-0.3, -0.25) is 36.7 Å². The maximum absolute atomic E-state index is 11.4. The van der Waals surface area contributed by atoms with Crippen LogP contribution in [0.2, 0.25) is 0 Å². The Kier molecular flexibility index (Phi) is 35.4. The Balaban J connectivity index is 0. The highest BCUT2D eigenvalue weighted by Crippen LogP contribution is 2.57. The first-order valence-corrected chi connectivity index (χ1v) is 32.6. The summed E-state index contributed by atoms with van der Waals surface area (Å²) in [4.78, 5) is 162. The van der Waals surface area contributed by atoms with E-state index < -0.39 is 128 Å². The van der Waals surface area contributed by atoms with Crippen molar-refractivity contribution in [3.05, 3.63) is 30.6 Å². The Morgan fingerprint density at radius 1 is 0.408 bits per heavy atom. The third-order valence-corrected chi connectivity index (χ3v) is 12.4. The number of carbonyl (C=O) groups is 3. The van der Waals surface area contributed by atoms with Crippen molar-refractivity contribution in [1.29, 1.82) is 0 Å². The number of nitrogens with zero attached hydrogens (tertiary/aromatic N) is 1. The molecule has 0 atom stereocenters. The lowest BCUT2D eigenvalue weighted by Gasteiger charge is -2.48. The average molecular weight is 1250 g/mol. The predicted molar refractivity (Wildman–Crippen MR) is 250 cm³/mol. The van der Waals surface area contributed by atoms with Crippen molar-refractivity contribution in [1.82, 2.24) is 0 Å². The number of carboxylic acids is 3. The van der Waals surface area contributed by atoms with Crippen LogP contribution < -0.4 is 4.57 Å². The van der Waals surface area contributed by atoms with E-state index in [-0.39, 0.29) is 0 Å². The third-order valence-electron chi connectivity index (χ3n) is 9.33. The second kappa shape index (κ2) is 35.2. The van der Waals surface area contributed by atoms with Crippen LogP contribution in [0.15, 0.2) is 30.6 Å². The molecule has 0 bridgehead atoms. The summed E-state index contributed by atoms with van der Waals surface area (Å²) in [7, 11) is -40.7. The number of aromatic nitrogens is 1. The molecule has 1 saturated carbocycles. The molecule has 0 amide bonds. The molecule has 0 spiro atoms. The molecular formula is C33H67NO35P7+. The lowest BCUT2D eigenvalue weighted by atomic mass is 9.85. The molecule has 0 unspecified atom stereocenters. The van der Waals surface area contributed by atoms with Gasteiger partial charge in [0.2, 0.25) is 0 Å². The maximum Gasteiger partial charge on any atom is 0.470 e. The predicted octanol–water partition coefficient (Wildman–Crippen LogP) is 1.15. The smallest absolute Gasteiger partial charge is 0.470 e. The first-order chi connectivity index (χ1) is 34.3. The highest BCUT2D eigenvalue weighted by Gasteiger charge is 2.62. The zero-order valence-electron chi connectivity index (χ0n) is 40.0. The van der Waals surface area contributed by atoms with Gasteiger partial charge in [-0.25, -0.2) is 41.3 Å². The van der Waals surface area contributed by atoms with Crippen molar-refractivity contribution in [2.24, 2.45) is 0 Å². The Morgan fingerprint density at radius 2 is 0.618 bits per heavy atom. The summed E-state index contributed by atoms with van der Waals surface area (Å²) in [5.41, 5.74) is -2.74. The quantitative estimate of drug-likeness (QED) is 0.0273. The standard InChI is InChI=1S/C21H38N.C6H18O24P6.C6H8O7.H3O4P/c1-2-3-4-5-6-7-8-9-10-11-12-13-14-16-19-22-20-17-15-18-21-22;7-31(8,9)25-1-2(26-32(10,11)12)4(28-34(16,17)18)6(30-36(22,23)24)5(29-35(19,20)21)3(1)27-33(13,14)15;7-3(8)1-6(13,5(11)12)2-4(9)10;1-5(2,3)4/h15,17-18,20-21H,2-14,16,19H2,1H3;1-6H,(H2,7,8,9)(H2,10,11,12)(H2,13,14,15)(H2,16,17,18)(H2,19,20,21)(H2,22,23,24);13H,1-2H2,(H,7,8)(H,9,10)(H,11,12);(H3,1,2,3,4)/q+1;;;/t;1-,2-,3-,4+,5-,6-;;. The summed E-state index contributed by atoms with van der Waals surface area (Å²) in [6, 6.07) is 6.31. The van der Waals surface area contributed by atoms with Crippen LogP contribution in [-0.2, 0) is 80.0 Å². The van der Waals surface area contributed by atoms with Gasteiger partial charge in [-0.1, -0.05) is 90.0 Å². The molecule has 2 rings (SSSR count). The van der Waals surface area contributed by atoms with Gasteiger partial charge < -0.3 is 93.8 Å². The Hall–Kier alpha value is -1.71. The summed E-state index contributed by atoms with van der Waals surface area (Å²) in [6.45, 7) is 3.47. The van der Waals surface area contributed by atoms with E-state index in [2.05, 4.69) is 69.2 Å². The number of hydrogen-bond acceptors (Lipinski definition) is 17. The number of unbranched alkanes of at least 4 members (excludes halogenated alkanes) is 13. The number of rotatable bonds is 32. The van der Waals surface area contributed by atoms with Crippen LogP contribution >= 0.6 is 54.8 Å². The van der Waals surface area contributed by atoms with Gasteiger partial charge in [-0.2, -0.15) is 0 Å². The van der Waals surface area contributed by atoms with Crippen LogP contribution in [0, 0.1) is 0 Å². The van der Waals surface area contributed by atoms with Crippen molar-refractivity contribution in [3.8, 4) is 0 Å². The fourth-order valence-corrected chi connectivity index (χ4v) is 9.92. The summed E-state index contributed by atoms with van der Waals surface area (Å²) < 4.78 is 104. The van der Waals surface area contributed by atoms with Crippen molar-refractivity contribution in [2.45, 2.75) is 158 Å². The number of aliphatic hydroxyl groups is 1. The topological polar surface area (TPSA) is 614 Å². The third kappa shape index (κ3) is 43.1. The van der Waals surface area contributed by atoms with E-state index in [0.717, 1.165) is 0 Å². The molecule has 0 saturated heterocycles. The van der Waals surface area contributed by atoms with E-state index in [4.69, 9.17) is 98.4 Å². The molecule has 1 aliphatic rings. The van der Waals surface area contributed by atoms with Crippen LogP contribution in [-0.4, -0.2) is 154 Å². The van der Waals surface area contributed by atoms with Gasteiger partial charge >= 0.3 is 72.7 Å².